The Morgan fingerprint density at radius 3 is 2.55 bits per heavy atom. The molecule has 0 unspecified atom stereocenters. The van der Waals surface area contributed by atoms with Crippen LogP contribution in [0.3, 0.4) is 0 Å². The van der Waals surface area contributed by atoms with Crippen LogP contribution in [-0.2, 0) is 4.74 Å². The van der Waals surface area contributed by atoms with E-state index < -0.39 is 11.6 Å². The van der Waals surface area contributed by atoms with E-state index in [0.717, 1.165) is 32.1 Å². The zero-order chi connectivity index (χ0) is 21.4. The number of aliphatic hydroxyl groups excluding tert-OH is 1. The molecule has 164 valence electrons. The molecule has 3 N–H and O–H groups in total. The number of nitrogens with zero attached hydrogens (tertiary/aromatic N) is 4. The monoisotopic (exact) mass is 430 g/mol. The standard InChI is InChI=1S/C21H24F2N6O2/c22-15-2-1-3-16(23)18(15)27-21-26-17-10-24-20(25-12-4-6-14(30)7-5-12)28-19(17)29(21)13-8-9-31-11-13/h1-3,10,12-14,30H,4-9,11H2,(H,26,27)(H,24,25,28)/t12?,13-,14?/m1/s1. The molecular formula is C21H24F2N6O2. The first-order valence-corrected chi connectivity index (χ1v) is 10.6. The van der Waals surface area contributed by atoms with Gasteiger partial charge in [0.15, 0.2) is 5.65 Å². The molecule has 8 nitrogen and oxygen atoms in total. The predicted molar refractivity (Wildman–Crippen MR) is 111 cm³/mol. The first-order valence-electron chi connectivity index (χ1n) is 10.6. The van der Waals surface area contributed by atoms with Crippen molar-refractivity contribution in [2.24, 2.45) is 0 Å². The third kappa shape index (κ3) is 4.05. The van der Waals surface area contributed by atoms with Gasteiger partial charge in [0, 0.05) is 12.6 Å². The predicted octanol–water partition coefficient (Wildman–Crippen LogP) is 3.52. The number of hydrogen-bond donors (Lipinski definition) is 3. The number of benzene rings is 1. The average molecular weight is 430 g/mol. The van der Waals surface area contributed by atoms with E-state index in [1.165, 1.54) is 18.2 Å². The van der Waals surface area contributed by atoms with Crippen LogP contribution in [0.2, 0.25) is 0 Å². The van der Waals surface area contributed by atoms with Gasteiger partial charge < -0.3 is 20.5 Å². The largest absolute Gasteiger partial charge is 0.393 e. The first-order chi connectivity index (χ1) is 15.1. The highest BCUT2D eigenvalue weighted by Crippen LogP contribution is 2.32. The number of halogens is 2. The van der Waals surface area contributed by atoms with Crippen LogP contribution in [0.15, 0.2) is 24.4 Å². The summed E-state index contributed by atoms with van der Waals surface area (Å²) in [5, 5.41) is 15.9. The zero-order valence-corrected chi connectivity index (χ0v) is 16.9. The fourth-order valence-electron chi connectivity index (χ4n) is 4.25. The quantitative estimate of drug-likeness (QED) is 0.570. The Bertz CT molecular complexity index is 1060. The Hall–Kier alpha value is -2.85. The Morgan fingerprint density at radius 2 is 1.84 bits per heavy atom. The minimum Gasteiger partial charge on any atom is -0.393 e. The van der Waals surface area contributed by atoms with Crippen LogP contribution in [0.25, 0.3) is 11.2 Å². The van der Waals surface area contributed by atoms with Crippen molar-refractivity contribution in [2.75, 3.05) is 23.8 Å². The molecule has 3 aromatic rings. The minimum atomic E-state index is -0.700. The van der Waals surface area contributed by atoms with Crippen LogP contribution in [0.5, 0.6) is 0 Å². The fraction of sp³-hybridized carbons (Fsp3) is 0.476. The van der Waals surface area contributed by atoms with Gasteiger partial charge in [-0.05, 0) is 44.2 Å². The summed E-state index contributed by atoms with van der Waals surface area (Å²) in [6, 6.07) is 3.84. The van der Waals surface area contributed by atoms with E-state index in [9.17, 15) is 13.9 Å². The molecule has 0 radical (unpaired) electrons. The van der Waals surface area contributed by atoms with Gasteiger partial charge in [0.05, 0.1) is 24.9 Å². The van der Waals surface area contributed by atoms with Gasteiger partial charge in [-0.25, -0.2) is 18.7 Å². The van der Waals surface area contributed by atoms with Crippen LogP contribution < -0.4 is 10.6 Å². The Kier molecular flexibility index (Phi) is 5.41. The molecule has 1 saturated carbocycles. The van der Waals surface area contributed by atoms with Gasteiger partial charge >= 0.3 is 0 Å². The normalized spacial score (nSPS) is 23.9. The maximum atomic E-state index is 14.2. The number of aromatic nitrogens is 4. The average Bonchev–Trinajstić information content (AvgIpc) is 3.39. The lowest BCUT2D eigenvalue weighted by Crippen LogP contribution is -2.29. The summed E-state index contributed by atoms with van der Waals surface area (Å²) >= 11 is 0. The van der Waals surface area contributed by atoms with E-state index in [0.29, 0.717) is 36.3 Å². The summed E-state index contributed by atoms with van der Waals surface area (Å²) in [6.45, 7) is 1.06. The highest BCUT2D eigenvalue weighted by molar-refractivity contribution is 5.76. The number of rotatable bonds is 5. The zero-order valence-electron chi connectivity index (χ0n) is 16.9. The van der Waals surface area contributed by atoms with E-state index in [1.807, 2.05) is 4.57 Å². The maximum Gasteiger partial charge on any atom is 0.224 e. The Labute approximate surface area is 177 Å². The molecule has 0 bridgehead atoms. The molecule has 1 aliphatic carbocycles. The van der Waals surface area contributed by atoms with Gasteiger partial charge in [0.1, 0.15) is 22.8 Å². The van der Waals surface area contributed by atoms with Crippen LogP contribution in [-0.4, -0.2) is 50.0 Å². The van der Waals surface area contributed by atoms with Crippen LogP contribution in [0.4, 0.5) is 26.4 Å². The van der Waals surface area contributed by atoms with E-state index >= 15 is 0 Å². The highest BCUT2D eigenvalue weighted by Gasteiger charge is 2.26. The Balaban J connectivity index is 1.50. The molecular weight excluding hydrogens is 406 g/mol. The maximum absolute atomic E-state index is 14.2. The second-order valence-corrected chi connectivity index (χ2v) is 8.10. The van der Waals surface area contributed by atoms with Crippen molar-refractivity contribution in [1.82, 2.24) is 19.5 Å². The lowest BCUT2D eigenvalue weighted by molar-refractivity contribution is 0.126. The molecule has 2 aliphatic rings. The molecule has 1 atom stereocenters. The summed E-state index contributed by atoms with van der Waals surface area (Å²) in [4.78, 5) is 13.6. The first kappa shape index (κ1) is 20.1. The van der Waals surface area contributed by atoms with E-state index in [-0.39, 0.29) is 23.9 Å². The summed E-state index contributed by atoms with van der Waals surface area (Å²) in [7, 11) is 0. The molecule has 31 heavy (non-hydrogen) atoms. The SMILES string of the molecule is OC1CCC(Nc2ncc3nc(Nc4c(F)cccc4F)n([C@@H]4CCOC4)c3n2)CC1. The molecule has 2 aromatic heterocycles. The third-order valence-electron chi connectivity index (χ3n) is 5.93. The molecule has 5 rings (SSSR count). The van der Waals surface area contributed by atoms with Crippen molar-refractivity contribution in [3.8, 4) is 0 Å². The summed E-state index contributed by atoms with van der Waals surface area (Å²) in [6.07, 6.45) is 5.30. The lowest BCUT2D eigenvalue weighted by atomic mass is 9.93. The lowest BCUT2D eigenvalue weighted by Gasteiger charge is -2.26. The number of hydrogen-bond acceptors (Lipinski definition) is 7. The fourth-order valence-corrected chi connectivity index (χ4v) is 4.25. The van der Waals surface area contributed by atoms with Crippen molar-refractivity contribution in [2.45, 2.75) is 50.3 Å². The molecule has 0 spiro atoms. The molecule has 1 aromatic carbocycles. The van der Waals surface area contributed by atoms with E-state index in [1.54, 1.807) is 6.20 Å². The molecule has 1 aliphatic heterocycles. The van der Waals surface area contributed by atoms with Crippen LogP contribution in [0.1, 0.15) is 38.1 Å². The number of ether oxygens (including phenoxy) is 1. The van der Waals surface area contributed by atoms with E-state index in [2.05, 4.69) is 25.6 Å². The smallest absolute Gasteiger partial charge is 0.224 e. The second kappa shape index (κ2) is 8.35. The highest BCUT2D eigenvalue weighted by atomic mass is 19.1. The van der Waals surface area contributed by atoms with Gasteiger partial charge in [-0.15, -0.1) is 0 Å². The van der Waals surface area contributed by atoms with Gasteiger partial charge in [-0.2, -0.15) is 4.98 Å². The summed E-state index contributed by atoms with van der Waals surface area (Å²) in [5.74, 6) is -0.636. The Morgan fingerprint density at radius 1 is 1.06 bits per heavy atom. The third-order valence-corrected chi connectivity index (χ3v) is 5.93. The van der Waals surface area contributed by atoms with Crippen molar-refractivity contribution in [3.05, 3.63) is 36.0 Å². The number of imidazole rings is 1. The van der Waals surface area contributed by atoms with Gasteiger partial charge in [-0.3, -0.25) is 4.57 Å². The summed E-state index contributed by atoms with van der Waals surface area (Å²) in [5.41, 5.74) is 0.837. The molecule has 2 fully saturated rings. The van der Waals surface area contributed by atoms with Crippen molar-refractivity contribution in [3.63, 3.8) is 0 Å². The molecule has 1 saturated heterocycles. The second-order valence-electron chi connectivity index (χ2n) is 8.10. The number of nitrogens with one attached hydrogen (secondary N) is 2. The summed E-state index contributed by atoms with van der Waals surface area (Å²) < 4.78 is 35.8. The van der Waals surface area contributed by atoms with Gasteiger partial charge in [0.25, 0.3) is 0 Å². The van der Waals surface area contributed by atoms with Gasteiger partial charge in [0.2, 0.25) is 11.9 Å². The van der Waals surface area contributed by atoms with Crippen LogP contribution >= 0.6 is 0 Å². The minimum absolute atomic E-state index is 0.0603. The van der Waals surface area contributed by atoms with Crippen molar-refractivity contribution in [1.29, 1.82) is 0 Å². The molecule has 10 heteroatoms. The van der Waals surface area contributed by atoms with Gasteiger partial charge in [-0.1, -0.05) is 6.07 Å². The van der Waals surface area contributed by atoms with E-state index in [4.69, 9.17) is 4.74 Å². The number of aliphatic hydroxyl groups is 1. The van der Waals surface area contributed by atoms with Crippen LogP contribution in [0, 0.1) is 11.6 Å². The number of para-hydroxylation sites is 1. The number of fused-ring (bicyclic) bond motifs is 1. The molecule has 3 heterocycles. The molecule has 0 amide bonds. The van der Waals surface area contributed by atoms with Crippen molar-refractivity contribution >= 4 is 28.7 Å². The number of anilines is 3. The topological polar surface area (TPSA) is 97.1 Å². The van der Waals surface area contributed by atoms with Crippen molar-refractivity contribution < 1.29 is 18.6 Å².